The van der Waals surface area contributed by atoms with Gasteiger partial charge in [-0.2, -0.15) is 0 Å². The summed E-state index contributed by atoms with van der Waals surface area (Å²) in [4.78, 5) is 2.73. The van der Waals surface area contributed by atoms with Gasteiger partial charge in [0.2, 0.25) is 0 Å². The molecule has 0 aromatic carbocycles. The van der Waals surface area contributed by atoms with Crippen LogP contribution >= 0.6 is 0 Å². The first-order valence-corrected chi connectivity index (χ1v) is 8.24. The monoisotopic (exact) mass is 268 g/mol. The van der Waals surface area contributed by atoms with Gasteiger partial charge in [-0.1, -0.05) is 41.5 Å². The molecule has 1 aliphatic carbocycles. The molecule has 2 nitrogen and oxygen atoms in total. The lowest BCUT2D eigenvalue weighted by molar-refractivity contribution is 0.00397. The smallest absolute Gasteiger partial charge is 0.0337 e. The first-order valence-electron chi connectivity index (χ1n) is 8.24. The average molecular weight is 268 g/mol. The molecule has 1 rings (SSSR count). The minimum Gasteiger partial charge on any atom is -0.329 e. The Kier molecular flexibility index (Phi) is 6.32. The summed E-state index contributed by atoms with van der Waals surface area (Å²) in [6, 6.07) is 0. The topological polar surface area (TPSA) is 29.3 Å². The molecule has 0 amide bonds. The van der Waals surface area contributed by atoms with Crippen LogP contribution in [0.25, 0.3) is 0 Å². The zero-order chi connectivity index (χ0) is 14.6. The predicted molar refractivity (Wildman–Crippen MR) is 85.2 cm³/mol. The number of rotatable bonds is 6. The van der Waals surface area contributed by atoms with E-state index in [9.17, 15) is 0 Å². The first kappa shape index (κ1) is 17.0. The van der Waals surface area contributed by atoms with Gasteiger partial charge in [0.05, 0.1) is 0 Å². The lowest BCUT2D eigenvalue weighted by Crippen LogP contribution is -2.59. The molecule has 0 aliphatic heterocycles. The van der Waals surface area contributed by atoms with Gasteiger partial charge in [-0.3, -0.25) is 4.90 Å². The van der Waals surface area contributed by atoms with E-state index < -0.39 is 0 Å². The standard InChI is InChI=1S/C17H36N2/c1-13(2)10-19(11-14(3)4)17(12-18)8-15(5)7-16(6)9-17/h13-16H,7-12,18H2,1-6H3. The van der Waals surface area contributed by atoms with Gasteiger partial charge in [0.1, 0.15) is 0 Å². The lowest BCUT2D eigenvalue weighted by Gasteiger charge is -2.51. The third-order valence-corrected chi connectivity index (χ3v) is 4.48. The molecule has 2 unspecified atom stereocenters. The molecule has 0 aromatic rings. The van der Waals surface area contributed by atoms with Crippen molar-refractivity contribution in [3.63, 3.8) is 0 Å². The summed E-state index contributed by atoms with van der Waals surface area (Å²) in [5.41, 5.74) is 6.53. The Hall–Kier alpha value is -0.0800. The van der Waals surface area contributed by atoms with Crippen molar-refractivity contribution in [1.29, 1.82) is 0 Å². The van der Waals surface area contributed by atoms with Crippen LogP contribution in [-0.2, 0) is 0 Å². The highest BCUT2D eigenvalue weighted by Gasteiger charge is 2.41. The Morgan fingerprint density at radius 1 is 1.00 bits per heavy atom. The van der Waals surface area contributed by atoms with Crippen LogP contribution in [0.4, 0.5) is 0 Å². The first-order chi connectivity index (χ1) is 8.79. The molecule has 2 atom stereocenters. The van der Waals surface area contributed by atoms with Crippen LogP contribution in [0, 0.1) is 23.7 Å². The molecule has 0 heterocycles. The number of nitrogens with zero attached hydrogens (tertiary/aromatic N) is 1. The Morgan fingerprint density at radius 2 is 1.42 bits per heavy atom. The van der Waals surface area contributed by atoms with E-state index in [0.717, 1.165) is 30.2 Å². The summed E-state index contributed by atoms with van der Waals surface area (Å²) in [6.07, 6.45) is 3.94. The molecule has 2 N–H and O–H groups in total. The molecule has 0 bridgehead atoms. The van der Waals surface area contributed by atoms with Crippen molar-refractivity contribution in [2.24, 2.45) is 29.4 Å². The van der Waals surface area contributed by atoms with Gasteiger partial charge in [0, 0.05) is 25.2 Å². The average Bonchev–Trinajstić information content (AvgIpc) is 2.25. The zero-order valence-electron chi connectivity index (χ0n) is 14.1. The molecule has 0 saturated heterocycles. The highest BCUT2D eigenvalue weighted by atomic mass is 15.2. The van der Waals surface area contributed by atoms with Crippen LogP contribution in [0.15, 0.2) is 0 Å². The van der Waals surface area contributed by atoms with Gasteiger partial charge >= 0.3 is 0 Å². The predicted octanol–water partition coefficient (Wildman–Crippen LogP) is 3.75. The third-order valence-electron chi connectivity index (χ3n) is 4.48. The van der Waals surface area contributed by atoms with Crippen molar-refractivity contribution in [2.45, 2.75) is 66.3 Å². The van der Waals surface area contributed by atoms with Crippen molar-refractivity contribution in [3.8, 4) is 0 Å². The quantitative estimate of drug-likeness (QED) is 0.795. The molecule has 1 fully saturated rings. The SMILES string of the molecule is CC(C)CN(CC(C)C)C1(CN)CC(C)CC(C)C1. The van der Waals surface area contributed by atoms with Crippen molar-refractivity contribution < 1.29 is 0 Å². The molecule has 114 valence electrons. The fraction of sp³-hybridized carbons (Fsp3) is 1.00. The maximum Gasteiger partial charge on any atom is 0.0337 e. The summed E-state index contributed by atoms with van der Waals surface area (Å²) in [5, 5.41) is 0. The van der Waals surface area contributed by atoms with E-state index in [2.05, 4.69) is 46.4 Å². The van der Waals surface area contributed by atoms with Gasteiger partial charge in [-0.05, 0) is 42.9 Å². The van der Waals surface area contributed by atoms with Crippen LogP contribution in [-0.4, -0.2) is 30.1 Å². The number of hydrogen-bond acceptors (Lipinski definition) is 2. The molecule has 1 saturated carbocycles. The van der Waals surface area contributed by atoms with Gasteiger partial charge < -0.3 is 5.73 Å². The molecular weight excluding hydrogens is 232 g/mol. The summed E-state index contributed by atoms with van der Waals surface area (Å²) in [6.45, 7) is 17.3. The van der Waals surface area contributed by atoms with E-state index in [4.69, 9.17) is 5.73 Å². The van der Waals surface area contributed by atoms with Crippen LogP contribution in [0.2, 0.25) is 0 Å². The Labute approximate surface area is 121 Å². The maximum atomic E-state index is 6.27. The minimum absolute atomic E-state index is 0.256. The molecule has 0 aromatic heterocycles. The fourth-order valence-electron chi connectivity index (χ4n) is 4.13. The number of nitrogens with two attached hydrogens (primary N) is 1. The van der Waals surface area contributed by atoms with E-state index in [-0.39, 0.29) is 5.54 Å². The molecule has 1 aliphatic rings. The Bertz CT molecular complexity index is 240. The zero-order valence-corrected chi connectivity index (χ0v) is 14.1. The highest BCUT2D eigenvalue weighted by Crippen LogP contribution is 2.40. The summed E-state index contributed by atoms with van der Waals surface area (Å²) in [7, 11) is 0. The minimum atomic E-state index is 0.256. The van der Waals surface area contributed by atoms with Crippen molar-refractivity contribution in [2.75, 3.05) is 19.6 Å². The van der Waals surface area contributed by atoms with Crippen LogP contribution in [0.5, 0.6) is 0 Å². The van der Waals surface area contributed by atoms with E-state index in [0.29, 0.717) is 0 Å². The largest absolute Gasteiger partial charge is 0.329 e. The Morgan fingerprint density at radius 3 is 1.74 bits per heavy atom. The van der Waals surface area contributed by atoms with E-state index in [1.165, 1.54) is 32.4 Å². The third kappa shape index (κ3) is 4.75. The van der Waals surface area contributed by atoms with Gasteiger partial charge in [-0.15, -0.1) is 0 Å². The lowest BCUT2D eigenvalue weighted by atomic mass is 9.70. The second-order valence-corrected chi connectivity index (χ2v) is 7.98. The second kappa shape index (κ2) is 7.08. The van der Waals surface area contributed by atoms with E-state index in [1.54, 1.807) is 0 Å². The Balaban J connectivity index is 2.91. The molecule has 2 heteroatoms. The van der Waals surface area contributed by atoms with Gasteiger partial charge in [0.15, 0.2) is 0 Å². The summed E-state index contributed by atoms with van der Waals surface area (Å²) >= 11 is 0. The maximum absolute atomic E-state index is 6.27. The van der Waals surface area contributed by atoms with Gasteiger partial charge in [-0.25, -0.2) is 0 Å². The van der Waals surface area contributed by atoms with Crippen molar-refractivity contribution in [3.05, 3.63) is 0 Å². The van der Waals surface area contributed by atoms with Crippen molar-refractivity contribution in [1.82, 2.24) is 4.90 Å². The second-order valence-electron chi connectivity index (χ2n) is 7.98. The fourth-order valence-corrected chi connectivity index (χ4v) is 4.13. The van der Waals surface area contributed by atoms with Crippen LogP contribution in [0.1, 0.15) is 60.8 Å². The van der Waals surface area contributed by atoms with Gasteiger partial charge in [0.25, 0.3) is 0 Å². The highest BCUT2D eigenvalue weighted by molar-refractivity contribution is 4.98. The molecule has 0 spiro atoms. The van der Waals surface area contributed by atoms with E-state index in [1.807, 2.05) is 0 Å². The van der Waals surface area contributed by atoms with E-state index >= 15 is 0 Å². The molecule has 0 radical (unpaired) electrons. The molecule has 19 heavy (non-hydrogen) atoms. The normalized spacial score (nSPS) is 32.5. The van der Waals surface area contributed by atoms with Crippen molar-refractivity contribution >= 4 is 0 Å². The van der Waals surface area contributed by atoms with Crippen LogP contribution < -0.4 is 5.73 Å². The number of hydrogen-bond donors (Lipinski definition) is 1. The molecular formula is C17H36N2. The van der Waals surface area contributed by atoms with Crippen LogP contribution in [0.3, 0.4) is 0 Å². The summed E-state index contributed by atoms with van der Waals surface area (Å²) < 4.78 is 0. The summed E-state index contributed by atoms with van der Waals surface area (Å²) in [5.74, 6) is 3.06.